The predicted octanol–water partition coefficient (Wildman–Crippen LogP) is 4.12. The Morgan fingerprint density at radius 2 is 2.11 bits per heavy atom. The average molecular weight is 280 g/mol. The van der Waals surface area contributed by atoms with Gasteiger partial charge in [-0.25, -0.2) is 0 Å². The molecule has 1 aliphatic carbocycles. The summed E-state index contributed by atoms with van der Waals surface area (Å²) in [6, 6.07) is 4.85. The van der Waals surface area contributed by atoms with Crippen molar-refractivity contribution in [1.29, 1.82) is 0 Å². The molecule has 19 heavy (non-hydrogen) atoms. The fraction of sp³-hybridized carbons (Fsp3) is 0.750. The summed E-state index contributed by atoms with van der Waals surface area (Å²) in [5.74, 6) is 6.67. The van der Waals surface area contributed by atoms with E-state index in [1.807, 2.05) is 11.3 Å². The van der Waals surface area contributed by atoms with E-state index in [9.17, 15) is 0 Å². The third-order valence-corrected chi connectivity index (χ3v) is 5.55. The van der Waals surface area contributed by atoms with Gasteiger partial charge in [0.2, 0.25) is 0 Å². The van der Waals surface area contributed by atoms with Crippen LogP contribution in [0.2, 0.25) is 0 Å². The molecule has 0 radical (unpaired) electrons. The maximum atomic E-state index is 5.91. The van der Waals surface area contributed by atoms with E-state index in [-0.39, 0.29) is 0 Å². The lowest BCUT2D eigenvalue weighted by molar-refractivity contribution is 0.148. The molecule has 108 valence electrons. The van der Waals surface area contributed by atoms with Crippen molar-refractivity contribution in [2.24, 2.45) is 17.2 Å². The normalized spacial score (nSPS) is 20.0. The molecular weight excluding hydrogens is 252 g/mol. The first-order valence-corrected chi connectivity index (χ1v) is 8.53. The molecule has 0 aromatic carbocycles. The van der Waals surface area contributed by atoms with Crippen molar-refractivity contribution in [2.75, 3.05) is 0 Å². The number of hydrogen-bond donors (Lipinski definition) is 2. The Labute approximate surface area is 121 Å². The molecule has 1 unspecified atom stereocenters. The quantitative estimate of drug-likeness (QED) is 0.582. The van der Waals surface area contributed by atoms with Crippen molar-refractivity contribution in [3.8, 4) is 0 Å². The lowest BCUT2D eigenvalue weighted by Gasteiger charge is -2.39. The van der Waals surface area contributed by atoms with Crippen LogP contribution in [0, 0.1) is 11.3 Å². The molecule has 1 aromatic heterocycles. The van der Waals surface area contributed by atoms with Crippen LogP contribution in [0.5, 0.6) is 0 Å². The molecule has 0 saturated heterocycles. The second kappa shape index (κ2) is 6.87. The van der Waals surface area contributed by atoms with Gasteiger partial charge in [0.25, 0.3) is 0 Å². The van der Waals surface area contributed by atoms with Crippen molar-refractivity contribution in [2.45, 2.75) is 64.8 Å². The smallest absolute Gasteiger partial charge is 0.0270 e. The maximum absolute atomic E-state index is 5.91. The maximum Gasteiger partial charge on any atom is 0.0270 e. The molecule has 0 bridgehead atoms. The second-order valence-electron chi connectivity index (χ2n) is 6.50. The van der Waals surface area contributed by atoms with Gasteiger partial charge < -0.3 is 0 Å². The van der Waals surface area contributed by atoms with Gasteiger partial charge in [0.1, 0.15) is 0 Å². The van der Waals surface area contributed by atoms with Crippen LogP contribution >= 0.6 is 11.3 Å². The lowest BCUT2D eigenvalue weighted by atomic mass is 9.71. The van der Waals surface area contributed by atoms with Crippen molar-refractivity contribution in [3.05, 3.63) is 22.4 Å². The van der Waals surface area contributed by atoms with Crippen LogP contribution in [0.25, 0.3) is 0 Å². The van der Waals surface area contributed by atoms with Gasteiger partial charge in [0.15, 0.2) is 0 Å². The largest absolute Gasteiger partial charge is 0.271 e. The van der Waals surface area contributed by atoms with Gasteiger partial charge in [0, 0.05) is 10.9 Å². The van der Waals surface area contributed by atoms with Gasteiger partial charge in [-0.2, -0.15) is 0 Å². The summed E-state index contributed by atoms with van der Waals surface area (Å²) < 4.78 is 0. The molecule has 0 amide bonds. The van der Waals surface area contributed by atoms with Crippen LogP contribution in [-0.4, -0.2) is 6.04 Å². The summed E-state index contributed by atoms with van der Waals surface area (Å²) >= 11 is 1.86. The summed E-state index contributed by atoms with van der Waals surface area (Å²) in [6.45, 7) is 4.68. The van der Waals surface area contributed by atoms with Crippen LogP contribution in [0.3, 0.4) is 0 Å². The monoisotopic (exact) mass is 280 g/mol. The molecule has 2 nitrogen and oxygen atoms in total. The first kappa shape index (κ1) is 15.0. The molecule has 3 heteroatoms. The zero-order valence-corrected chi connectivity index (χ0v) is 13.1. The van der Waals surface area contributed by atoms with E-state index in [1.54, 1.807) is 0 Å². The molecule has 1 fully saturated rings. The van der Waals surface area contributed by atoms with E-state index >= 15 is 0 Å². The Hall–Kier alpha value is -0.380. The molecule has 1 aliphatic rings. The zero-order chi connectivity index (χ0) is 13.7. The first-order valence-electron chi connectivity index (χ1n) is 7.65. The van der Waals surface area contributed by atoms with E-state index < -0.39 is 0 Å². The number of nitrogens with two attached hydrogens (primary N) is 1. The number of thiophene rings is 1. The van der Waals surface area contributed by atoms with Gasteiger partial charge in [-0.15, -0.1) is 11.3 Å². The summed E-state index contributed by atoms with van der Waals surface area (Å²) in [5, 5.41) is 2.17. The molecule has 2 rings (SSSR count). The number of nitrogens with one attached hydrogen (secondary N) is 1. The summed E-state index contributed by atoms with van der Waals surface area (Å²) in [4.78, 5) is 1.48. The standard InChI is InChI=1S/C16H28N2S/c1-13(2)12-16(9-3-4-10-16)15(18-17)8-7-14-6-5-11-19-14/h5-6,11,13,15,18H,3-4,7-10,12,17H2,1-2H3. The van der Waals surface area contributed by atoms with E-state index in [1.165, 1.54) is 43.4 Å². The molecule has 1 saturated carbocycles. The fourth-order valence-corrected chi connectivity index (χ4v) is 4.62. The van der Waals surface area contributed by atoms with Gasteiger partial charge in [-0.3, -0.25) is 11.3 Å². The molecule has 1 aromatic rings. The van der Waals surface area contributed by atoms with Crippen LogP contribution in [0.4, 0.5) is 0 Å². The van der Waals surface area contributed by atoms with Gasteiger partial charge >= 0.3 is 0 Å². The Balaban J connectivity index is 2.00. The van der Waals surface area contributed by atoms with Crippen LogP contribution in [0.1, 0.15) is 57.2 Å². The minimum Gasteiger partial charge on any atom is -0.271 e. The highest BCUT2D eigenvalue weighted by molar-refractivity contribution is 7.09. The van der Waals surface area contributed by atoms with Crippen molar-refractivity contribution >= 4 is 11.3 Å². The summed E-state index contributed by atoms with van der Waals surface area (Å²) in [6.07, 6.45) is 9.10. The van der Waals surface area contributed by atoms with Gasteiger partial charge in [0.05, 0.1) is 0 Å². The van der Waals surface area contributed by atoms with Crippen LogP contribution in [-0.2, 0) is 6.42 Å². The zero-order valence-electron chi connectivity index (χ0n) is 12.3. The number of hydrazine groups is 1. The number of rotatable bonds is 7. The minimum atomic E-state index is 0.445. The van der Waals surface area contributed by atoms with E-state index in [4.69, 9.17) is 5.84 Å². The topological polar surface area (TPSA) is 38.0 Å². The Bertz CT molecular complexity index is 353. The SMILES string of the molecule is CC(C)CC1(C(CCc2cccs2)NN)CCCC1. The highest BCUT2D eigenvalue weighted by Crippen LogP contribution is 2.46. The summed E-state index contributed by atoms with van der Waals surface area (Å²) in [7, 11) is 0. The second-order valence-corrected chi connectivity index (χ2v) is 7.54. The molecule has 0 spiro atoms. The van der Waals surface area contributed by atoms with Crippen molar-refractivity contribution in [3.63, 3.8) is 0 Å². The highest BCUT2D eigenvalue weighted by atomic mass is 32.1. The minimum absolute atomic E-state index is 0.445. The Kier molecular flexibility index (Phi) is 5.43. The van der Waals surface area contributed by atoms with E-state index in [0.29, 0.717) is 11.5 Å². The number of aryl methyl sites for hydroxylation is 1. The van der Waals surface area contributed by atoms with Gasteiger partial charge in [-0.05, 0) is 54.9 Å². The lowest BCUT2D eigenvalue weighted by Crippen LogP contribution is -2.48. The first-order chi connectivity index (χ1) is 9.16. The molecule has 3 N–H and O–H groups in total. The molecule has 1 heterocycles. The predicted molar refractivity (Wildman–Crippen MR) is 84.1 cm³/mol. The third kappa shape index (κ3) is 3.80. The average Bonchev–Trinajstić information content (AvgIpc) is 3.01. The third-order valence-electron chi connectivity index (χ3n) is 4.61. The number of hydrogen-bond acceptors (Lipinski definition) is 3. The Morgan fingerprint density at radius 1 is 1.37 bits per heavy atom. The Morgan fingerprint density at radius 3 is 2.63 bits per heavy atom. The highest BCUT2D eigenvalue weighted by Gasteiger charge is 2.40. The van der Waals surface area contributed by atoms with E-state index in [2.05, 4.69) is 36.8 Å². The van der Waals surface area contributed by atoms with Crippen LogP contribution < -0.4 is 11.3 Å². The van der Waals surface area contributed by atoms with Crippen LogP contribution in [0.15, 0.2) is 17.5 Å². The summed E-state index contributed by atoms with van der Waals surface area (Å²) in [5.41, 5.74) is 3.60. The van der Waals surface area contributed by atoms with E-state index in [0.717, 1.165) is 12.3 Å². The molecule has 1 atom stereocenters. The molecular formula is C16H28N2S. The fourth-order valence-electron chi connectivity index (χ4n) is 3.89. The van der Waals surface area contributed by atoms with Crippen molar-refractivity contribution < 1.29 is 0 Å². The van der Waals surface area contributed by atoms with Crippen molar-refractivity contribution in [1.82, 2.24) is 5.43 Å². The molecule has 0 aliphatic heterocycles. The van der Waals surface area contributed by atoms with Gasteiger partial charge in [-0.1, -0.05) is 32.8 Å².